The Morgan fingerprint density at radius 1 is 1.24 bits per heavy atom. The second-order valence-electron chi connectivity index (χ2n) is 5.24. The van der Waals surface area contributed by atoms with Crippen LogP contribution in [-0.2, 0) is 0 Å². The minimum atomic E-state index is 0.149. The molecule has 1 aliphatic carbocycles. The highest BCUT2D eigenvalue weighted by atomic mass is 35.5. The largest absolute Gasteiger partial charge is 0.324 e. The van der Waals surface area contributed by atoms with Crippen molar-refractivity contribution in [2.75, 3.05) is 0 Å². The van der Waals surface area contributed by atoms with Gasteiger partial charge in [0.25, 0.3) is 0 Å². The molecule has 0 radical (unpaired) electrons. The van der Waals surface area contributed by atoms with Gasteiger partial charge in [-0.05, 0) is 36.5 Å². The first-order valence-corrected chi connectivity index (χ1v) is 7.14. The van der Waals surface area contributed by atoms with E-state index >= 15 is 0 Å². The summed E-state index contributed by atoms with van der Waals surface area (Å²) in [6.45, 7) is 0. The van der Waals surface area contributed by atoms with Crippen molar-refractivity contribution in [1.82, 2.24) is 0 Å². The lowest BCUT2D eigenvalue weighted by Gasteiger charge is -2.23. The van der Waals surface area contributed by atoms with E-state index in [2.05, 4.69) is 6.07 Å². The zero-order chi connectivity index (χ0) is 12.1. The lowest BCUT2D eigenvalue weighted by Crippen LogP contribution is -2.14. The van der Waals surface area contributed by atoms with Crippen LogP contribution in [0.3, 0.4) is 0 Å². The maximum Gasteiger partial charge on any atom is 0.0409 e. The summed E-state index contributed by atoms with van der Waals surface area (Å²) in [5.74, 6) is 0.911. The van der Waals surface area contributed by atoms with Crippen molar-refractivity contribution in [2.24, 2.45) is 11.7 Å². The second kappa shape index (κ2) is 6.42. The maximum atomic E-state index is 6.22. The lowest BCUT2D eigenvalue weighted by atomic mass is 9.84. The molecule has 0 aromatic heterocycles. The normalized spacial score (nSPS) is 19.2. The van der Waals surface area contributed by atoms with E-state index < -0.39 is 0 Å². The molecule has 1 unspecified atom stereocenters. The summed E-state index contributed by atoms with van der Waals surface area (Å²) in [4.78, 5) is 0. The van der Waals surface area contributed by atoms with Crippen LogP contribution in [0, 0.1) is 5.92 Å². The summed E-state index contributed by atoms with van der Waals surface area (Å²) >= 11 is 5.98. The molecule has 2 N–H and O–H groups in total. The van der Waals surface area contributed by atoms with Gasteiger partial charge in [-0.3, -0.25) is 0 Å². The molecule has 94 valence electrons. The van der Waals surface area contributed by atoms with Gasteiger partial charge in [0.15, 0.2) is 0 Å². The van der Waals surface area contributed by atoms with Gasteiger partial charge in [0, 0.05) is 11.1 Å². The molecule has 1 fully saturated rings. The van der Waals surface area contributed by atoms with E-state index in [-0.39, 0.29) is 6.04 Å². The number of hydrogen-bond acceptors (Lipinski definition) is 1. The number of benzene rings is 1. The van der Waals surface area contributed by atoms with Crippen LogP contribution in [0.4, 0.5) is 0 Å². The summed E-state index contributed by atoms with van der Waals surface area (Å²) in [5, 5.41) is 0.788. The van der Waals surface area contributed by atoms with Crippen LogP contribution >= 0.6 is 11.6 Å². The van der Waals surface area contributed by atoms with Gasteiger partial charge in [0.05, 0.1) is 0 Å². The molecule has 1 nitrogen and oxygen atoms in total. The smallest absolute Gasteiger partial charge is 0.0409 e. The minimum Gasteiger partial charge on any atom is -0.324 e. The molecule has 1 atom stereocenters. The van der Waals surface area contributed by atoms with Crippen molar-refractivity contribution in [3.05, 3.63) is 34.9 Å². The van der Waals surface area contributed by atoms with E-state index in [0.717, 1.165) is 17.4 Å². The molecule has 1 aliphatic rings. The van der Waals surface area contributed by atoms with Gasteiger partial charge in [-0.25, -0.2) is 0 Å². The molecule has 2 rings (SSSR count). The SMILES string of the molecule is NC(CCC1CCCCC1)c1cccc(Cl)c1. The molecule has 2 heteroatoms. The third-order valence-corrected chi connectivity index (χ3v) is 4.12. The predicted molar refractivity (Wildman–Crippen MR) is 74.2 cm³/mol. The number of halogens is 1. The summed E-state index contributed by atoms with van der Waals surface area (Å²) < 4.78 is 0. The van der Waals surface area contributed by atoms with Gasteiger partial charge in [-0.1, -0.05) is 55.8 Å². The first kappa shape index (κ1) is 12.9. The Hall–Kier alpha value is -0.530. The predicted octanol–water partition coefficient (Wildman–Crippen LogP) is 4.70. The molecule has 0 spiro atoms. The van der Waals surface area contributed by atoms with Crippen LogP contribution < -0.4 is 5.73 Å². The minimum absolute atomic E-state index is 0.149. The Morgan fingerprint density at radius 2 is 2.00 bits per heavy atom. The number of hydrogen-bond donors (Lipinski definition) is 1. The molecule has 1 aromatic rings. The van der Waals surface area contributed by atoms with Gasteiger partial charge < -0.3 is 5.73 Å². The Balaban J connectivity index is 1.82. The van der Waals surface area contributed by atoms with Crippen molar-refractivity contribution in [3.8, 4) is 0 Å². The summed E-state index contributed by atoms with van der Waals surface area (Å²) in [6.07, 6.45) is 9.42. The molecule has 17 heavy (non-hydrogen) atoms. The standard InChI is InChI=1S/C15H22ClN/c16-14-8-4-7-13(11-14)15(17)10-9-12-5-2-1-3-6-12/h4,7-8,11-12,15H,1-3,5-6,9-10,17H2. The average molecular weight is 252 g/mol. The van der Waals surface area contributed by atoms with Crippen LogP contribution in [0.25, 0.3) is 0 Å². The fourth-order valence-corrected chi connectivity index (χ4v) is 2.99. The molecule has 0 amide bonds. The number of rotatable bonds is 4. The van der Waals surface area contributed by atoms with Crippen molar-refractivity contribution >= 4 is 11.6 Å². The second-order valence-corrected chi connectivity index (χ2v) is 5.68. The zero-order valence-corrected chi connectivity index (χ0v) is 11.1. The Labute approximate surface area is 109 Å². The molecule has 1 saturated carbocycles. The quantitative estimate of drug-likeness (QED) is 0.825. The van der Waals surface area contributed by atoms with Crippen LogP contribution in [0.1, 0.15) is 56.6 Å². The van der Waals surface area contributed by atoms with E-state index in [9.17, 15) is 0 Å². The fourth-order valence-electron chi connectivity index (χ4n) is 2.79. The van der Waals surface area contributed by atoms with E-state index in [0.29, 0.717) is 0 Å². The third kappa shape index (κ3) is 4.01. The van der Waals surface area contributed by atoms with Gasteiger partial charge in [-0.2, -0.15) is 0 Å². The van der Waals surface area contributed by atoms with Gasteiger partial charge in [0.1, 0.15) is 0 Å². The van der Waals surface area contributed by atoms with Crippen molar-refractivity contribution in [2.45, 2.75) is 51.0 Å². The lowest BCUT2D eigenvalue weighted by molar-refractivity contribution is 0.324. The molecule has 0 aliphatic heterocycles. The van der Waals surface area contributed by atoms with Crippen molar-refractivity contribution in [1.29, 1.82) is 0 Å². The third-order valence-electron chi connectivity index (χ3n) is 3.89. The number of nitrogens with two attached hydrogens (primary N) is 1. The Kier molecular flexibility index (Phi) is 4.87. The van der Waals surface area contributed by atoms with Gasteiger partial charge in [-0.15, -0.1) is 0 Å². The molecular formula is C15H22ClN. The molecular weight excluding hydrogens is 230 g/mol. The average Bonchev–Trinajstić information content (AvgIpc) is 2.37. The molecule has 1 aromatic carbocycles. The zero-order valence-electron chi connectivity index (χ0n) is 10.4. The summed E-state index contributed by atoms with van der Waals surface area (Å²) in [7, 11) is 0. The van der Waals surface area contributed by atoms with E-state index in [1.165, 1.54) is 44.1 Å². The molecule has 0 saturated heterocycles. The fraction of sp³-hybridized carbons (Fsp3) is 0.600. The summed E-state index contributed by atoms with van der Waals surface area (Å²) in [6, 6.07) is 8.11. The van der Waals surface area contributed by atoms with Crippen LogP contribution in [0.15, 0.2) is 24.3 Å². The Morgan fingerprint density at radius 3 is 2.71 bits per heavy atom. The van der Waals surface area contributed by atoms with Crippen LogP contribution in [-0.4, -0.2) is 0 Å². The van der Waals surface area contributed by atoms with E-state index in [1.807, 2.05) is 18.2 Å². The molecule has 0 heterocycles. The van der Waals surface area contributed by atoms with E-state index in [4.69, 9.17) is 17.3 Å². The topological polar surface area (TPSA) is 26.0 Å². The first-order chi connectivity index (χ1) is 8.25. The van der Waals surface area contributed by atoms with Gasteiger partial charge in [0.2, 0.25) is 0 Å². The first-order valence-electron chi connectivity index (χ1n) is 6.77. The summed E-state index contributed by atoms with van der Waals surface area (Å²) in [5.41, 5.74) is 7.40. The Bertz CT molecular complexity index is 345. The van der Waals surface area contributed by atoms with Crippen LogP contribution in [0.2, 0.25) is 5.02 Å². The van der Waals surface area contributed by atoms with Crippen molar-refractivity contribution in [3.63, 3.8) is 0 Å². The van der Waals surface area contributed by atoms with Gasteiger partial charge >= 0.3 is 0 Å². The monoisotopic (exact) mass is 251 g/mol. The highest BCUT2D eigenvalue weighted by molar-refractivity contribution is 6.30. The molecule has 0 bridgehead atoms. The van der Waals surface area contributed by atoms with E-state index in [1.54, 1.807) is 0 Å². The van der Waals surface area contributed by atoms with Crippen LogP contribution in [0.5, 0.6) is 0 Å². The van der Waals surface area contributed by atoms with Crippen molar-refractivity contribution < 1.29 is 0 Å². The highest BCUT2D eigenvalue weighted by Crippen LogP contribution is 2.30. The highest BCUT2D eigenvalue weighted by Gasteiger charge is 2.15. The maximum absolute atomic E-state index is 6.22.